The maximum Gasteiger partial charge on any atom is 0.248 e. The van der Waals surface area contributed by atoms with Crippen LogP contribution in [0.15, 0.2) is 12.1 Å². The van der Waals surface area contributed by atoms with Gasteiger partial charge in [0.1, 0.15) is 5.75 Å². The first kappa shape index (κ1) is 15.5. The highest BCUT2D eigenvalue weighted by Gasteiger charge is 2.37. The van der Waals surface area contributed by atoms with E-state index in [-0.39, 0.29) is 0 Å². The standard InChI is InChI=1S/C14H19Cl3OSi/c1-19(2,11-6-4-3-5-7-11)18-14-12(16)8-10(15)9-13(14)17/h8-9,11H,3-7H2,1-2H3. The van der Waals surface area contributed by atoms with Gasteiger partial charge in [-0.1, -0.05) is 54.1 Å². The normalized spacial score (nSPS) is 17.5. The molecule has 1 aliphatic carbocycles. The molecule has 1 fully saturated rings. The van der Waals surface area contributed by atoms with Gasteiger partial charge in [0.2, 0.25) is 8.32 Å². The Kier molecular flexibility index (Phi) is 5.10. The smallest absolute Gasteiger partial charge is 0.248 e. The van der Waals surface area contributed by atoms with Crippen LogP contribution in [0.5, 0.6) is 5.75 Å². The van der Waals surface area contributed by atoms with E-state index in [2.05, 4.69) is 13.1 Å². The molecule has 1 nitrogen and oxygen atoms in total. The Bertz CT molecular complexity index is 433. The van der Waals surface area contributed by atoms with Gasteiger partial charge in [0.15, 0.2) is 0 Å². The van der Waals surface area contributed by atoms with E-state index in [0.717, 1.165) is 0 Å². The Morgan fingerprint density at radius 1 is 1.00 bits per heavy atom. The van der Waals surface area contributed by atoms with Gasteiger partial charge >= 0.3 is 0 Å². The van der Waals surface area contributed by atoms with Crippen molar-refractivity contribution in [3.63, 3.8) is 0 Å². The minimum Gasteiger partial charge on any atom is -0.542 e. The third-order valence-corrected chi connectivity index (χ3v) is 7.97. The van der Waals surface area contributed by atoms with E-state index in [1.165, 1.54) is 32.1 Å². The Morgan fingerprint density at radius 3 is 2.05 bits per heavy atom. The van der Waals surface area contributed by atoms with E-state index in [9.17, 15) is 0 Å². The molecule has 0 aliphatic heterocycles. The lowest BCUT2D eigenvalue weighted by molar-refractivity contribution is 0.440. The molecule has 0 heterocycles. The zero-order valence-electron chi connectivity index (χ0n) is 11.3. The lowest BCUT2D eigenvalue weighted by Crippen LogP contribution is -2.41. The van der Waals surface area contributed by atoms with Gasteiger partial charge in [-0.05, 0) is 43.6 Å². The van der Waals surface area contributed by atoms with Gasteiger partial charge in [0, 0.05) is 5.02 Å². The second-order valence-corrected chi connectivity index (χ2v) is 11.2. The predicted octanol–water partition coefficient (Wildman–Crippen LogP) is 6.57. The average molecular weight is 338 g/mol. The Hall–Kier alpha value is 0.107. The lowest BCUT2D eigenvalue weighted by atomic mass is 10.0. The monoisotopic (exact) mass is 336 g/mol. The predicted molar refractivity (Wildman–Crippen MR) is 86.4 cm³/mol. The third kappa shape index (κ3) is 3.81. The lowest BCUT2D eigenvalue weighted by Gasteiger charge is -2.35. The molecule has 0 N–H and O–H groups in total. The molecule has 0 bridgehead atoms. The van der Waals surface area contributed by atoms with Gasteiger partial charge < -0.3 is 4.43 Å². The first-order chi connectivity index (χ1) is 8.90. The maximum atomic E-state index is 6.27. The molecule has 1 aromatic rings. The fourth-order valence-electron chi connectivity index (χ4n) is 2.77. The molecule has 1 saturated carbocycles. The van der Waals surface area contributed by atoms with E-state index in [1.54, 1.807) is 12.1 Å². The summed E-state index contributed by atoms with van der Waals surface area (Å²) in [6, 6.07) is 3.38. The first-order valence-corrected chi connectivity index (χ1v) is 10.9. The molecule has 2 rings (SSSR count). The molecule has 106 valence electrons. The van der Waals surface area contributed by atoms with Crippen molar-refractivity contribution in [2.75, 3.05) is 0 Å². The summed E-state index contributed by atoms with van der Waals surface area (Å²) in [6.07, 6.45) is 6.51. The number of benzene rings is 1. The second-order valence-electron chi connectivity index (χ2n) is 5.74. The van der Waals surface area contributed by atoms with E-state index >= 15 is 0 Å². The summed E-state index contributed by atoms with van der Waals surface area (Å²) in [4.78, 5) is 0. The molecule has 0 radical (unpaired) electrons. The molecule has 0 atom stereocenters. The third-order valence-electron chi connectivity index (χ3n) is 3.92. The first-order valence-electron chi connectivity index (χ1n) is 6.74. The minimum atomic E-state index is -1.84. The van der Waals surface area contributed by atoms with E-state index < -0.39 is 8.32 Å². The number of halogens is 3. The molecule has 0 amide bonds. The highest BCUT2D eigenvalue weighted by atomic mass is 35.5. The minimum absolute atomic E-state index is 0.508. The van der Waals surface area contributed by atoms with Crippen molar-refractivity contribution in [1.29, 1.82) is 0 Å². The summed E-state index contributed by atoms with van der Waals surface area (Å²) < 4.78 is 6.27. The van der Waals surface area contributed by atoms with Gasteiger partial charge in [-0.15, -0.1) is 0 Å². The largest absolute Gasteiger partial charge is 0.542 e. The van der Waals surface area contributed by atoms with Crippen molar-refractivity contribution >= 4 is 43.1 Å². The van der Waals surface area contributed by atoms with Crippen molar-refractivity contribution in [1.82, 2.24) is 0 Å². The van der Waals surface area contributed by atoms with Crippen LogP contribution in [0, 0.1) is 0 Å². The molecule has 1 aliphatic rings. The molecular formula is C14H19Cl3OSi. The maximum absolute atomic E-state index is 6.27. The molecule has 1 aromatic carbocycles. The van der Waals surface area contributed by atoms with E-state index in [4.69, 9.17) is 39.2 Å². The van der Waals surface area contributed by atoms with Gasteiger partial charge in [0.25, 0.3) is 0 Å². The van der Waals surface area contributed by atoms with Gasteiger partial charge in [-0.25, -0.2) is 0 Å². The Labute approximate surface area is 131 Å². The van der Waals surface area contributed by atoms with Crippen molar-refractivity contribution < 1.29 is 4.43 Å². The SMILES string of the molecule is C[Si](C)(Oc1c(Cl)cc(Cl)cc1Cl)C1CCCCC1. The van der Waals surface area contributed by atoms with Crippen LogP contribution in [-0.4, -0.2) is 8.32 Å². The highest BCUT2D eigenvalue weighted by molar-refractivity contribution is 6.73. The summed E-state index contributed by atoms with van der Waals surface area (Å²) in [5, 5.41) is 1.56. The number of hydrogen-bond donors (Lipinski definition) is 0. The van der Waals surface area contributed by atoms with Crippen LogP contribution in [-0.2, 0) is 0 Å². The van der Waals surface area contributed by atoms with Crippen molar-refractivity contribution in [3.05, 3.63) is 27.2 Å². The molecule has 0 spiro atoms. The zero-order valence-corrected chi connectivity index (χ0v) is 14.6. The molecule has 0 aromatic heterocycles. The van der Waals surface area contributed by atoms with Crippen LogP contribution in [0.3, 0.4) is 0 Å². The highest BCUT2D eigenvalue weighted by Crippen LogP contribution is 2.42. The van der Waals surface area contributed by atoms with Crippen LogP contribution in [0.2, 0.25) is 33.7 Å². The molecule has 0 unspecified atom stereocenters. The van der Waals surface area contributed by atoms with Crippen LogP contribution in [0.25, 0.3) is 0 Å². The second kappa shape index (κ2) is 6.25. The topological polar surface area (TPSA) is 9.23 Å². The van der Waals surface area contributed by atoms with Crippen LogP contribution >= 0.6 is 34.8 Å². The number of rotatable bonds is 3. The summed E-state index contributed by atoms with van der Waals surface area (Å²) in [5.74, 6) is 0.606. The Morgan fingerprint density at radius 2 is 1.53 bits per heavy atom. The van der Waals surface area contributed by atoms with Gasteiger partial charge in [-0.2, -0.15) is 0 Å². The summed E-state index contributed by atoms with van der Waals surface area (Å²) in [6.45, 7) is 4.51. The van der Waals surface area contributed by atoms with E-state index in [1.807, 2.05) is 0 Å². The van der Waals surface area contributed by atoms with Crippen LogP contribution in [0.4, 0.5) is 0 Å². The fourth-order valence-corrected chi connectivity index (χ4v) is 6.51. The fraction of sp³-hybridized carbons (Fsp3) is 0.571. The molecule has 5 heteroatoms. The van der Waals surface area contributed by atoms with Gasteiger partial charge in [-0.3, -0.25) is 0 Å². The van der Waals surface area contributed by atoms with Crippen LogP contribution < -0.4 is 4.43 Å². The summed E-state index contributed by atoms with van der Waals surface area (Å²) in [5.41, 5.74) is 0.684. The average Bonchev–Trinajstić information content (AvgIpc) is 2.35. The summed E-state index contributed by atoms with van der Waals surface area (Å²) in [7, 11) is -1.84. The van der Waals surface area contributed by atoms with Gasteiger partial charge in [0.05, 0.1) is 10.0 Å². The zero-order chi connectivity index (χ0) is 14.0. The summed E-state index contributed by atoms with van der Waals surface area (Å²) >= 11 is 18.3. The van der Waals surface area contributed by atoms with Crippen LogP contribution in [0.1, 0.15) is 32.1 Å². The molecular weight excluding hydrogens is 319 g/mol. The van der Waals surface area contributed by atoms with Crippen molar-refractivity contribution in [3.8, 4) is 5.75 Å². The molecule has 19 heavy (non-hydrogen) atoms. The van der Waals surface area contributed by atoms with Crippen molar-refractivity contribution in [2.45, 2.75) is 50.7 Å². The van der Waals surface area contributed by atoms with Crippen molar-refractivity contribution in [2.24, 2.45) is 0 Å². The Balaban J connectivity index is 2.19. The number of hydrogen-bond acceptors (Lipinski definition) is 1. The quantitative estimate of drug-likeness (QED) is 0.567. The molecule has 0 saturated heterocycles. The van der Waals surface area contributed by atoms with E-state index in [0.29, 0.717) is 26.4 Å².